The van der Waals surface area contributed by atoms with Gasteiger partial charge in [0.25, 0.3) is 0 Å². The van der Waals surface area contributed by atoms with Crippen molar-refractivity contribution in [2.75, 3.05) is 30.9 Å². The molecule has 1 heterocycles. The Kier molecular flexibility index (Phi) is 6.41. The highest BCUT2D eigenvalue weighted by molar-refractivity contribution is 7.99. The number of benzene rings is 2. The van der Waals surface area contributed by atoms with Crippen molar-refractivity contribution in [2.24, 2.45) is 0 Å². The van der Waals surface area contributed by atoms with Crippen LogP contribution in [0.4, 0.5) is 5.69 Å². The Balaban J connectivity index is 1.69. The Labute approximate surface area is 164 Å². The first-order chi connectivity index (χ1) is 13.0. The Bertz CT molecular complexity index is 901. The van der Waals surface area contributed by atoms with Gasteiger partial charge >= 0.3 is 0 Å². The highest BCUT2D eigenvalue weighted by atomic mass is 32.2. The van der Waals surface area contributed by atoms with Crippen molar-refractivity contribution in [1.29, 1.82) is 0 Å². The van der Waals surface area contributed by atoms with E-state index in [9.17, 15) is 13.2 Å². The van der Waals surface area contributed by atoms with E-state index in [1.807, 2.05) is 30.3 Å². The number of amides is 1. The summed E-state index contributed by atoms with van der Waals surface area (Å²) in [7, 11) is -2.16. The molecule has 27 heavy (non-hydrogen) atoms. The van der Waals surface area contributed by atoms with Crippen molar-refractivity contribution >= 4 is 33.4 Å². The number of hydrogen-bond acceptors (Lipinski definition) is 5. The minimum Gasteiger partial charge on any atom is -0.495 e. The fourth-order valence-corrected chi connectivity index (χ4v) is 4.87. The zero-order valence-corrected chi connectivity index (χ0v) is 16.7. The van der Waals surface area contributed by atoms with Gasteiger partial charge in [0.1, 0.15) is 5.75 Å². The molecule has 8 heteroatoms. The molecular weight excluding hydrogens is 384 g/mol. The molecule has 0 saturated carbocycles. The predicted octanol–water partition coefficient (Wildman–Crippen LogP) is 2.89. The summed E-state index contributed by atoms with van der Waals surface area (Å²) in [6.45, 7) is 0.881. The van der Waals surface area contributed by atoms with Crippen molar-refractivity contribution in [3.63, 3.8) is 0 Å². The monoisotopic (exact) mass is 406 g/mol. The van der Waals surface area contributed by atoms with E-state index >= 15 is 0 Å². The Morgan fingerprint density at radius 1 is 1.19 bits per heavy atom. The molecule has 144 valence electrons. The Hall–Kier alpha value is -2.03. The van der Waals surface area contributed by atoms with Crippen LogP contribution >= 0.6 is 11.8 Å². The number of thioether (sulfide) groups is 1. The third-order valence-corrected chi connectivity index (χ3v) is 6.70. The van der Waals surface area contributed by atoms with Crippen molar-refractivity contribution in [3.8, 4) is 5.75 Å². The number of rotatable bonds is 8. The van der Waals surface area contributed by atoms with Gasteiger partial charge in [-0.15, -0.1) is 11.8 Å². The molecule has 0 spiro atoms. The van der Waals surface area contributed by atoms with Crippen LogP contribution in [-0.4, -0.2) is 40.3 Å². The number of nitrogens with zero attached hydrogens (tertiary/aromatic N) is 1. The molecule has 0 aliphatic carbocycles. The van der Waals surface area contributed by atoms with Crippen LogP contribution < -0.4 is 14.4 Å². The average molecular weight is 407 g/mol. The molecule has 1 aliphatic heterocycles. The summed E-state index contributed by atoms with van der Waals surface area (Å²) in [5, 5.41) is 0. The molecule has 0 unspecified atom stereocenters. The van der Waals surface area contributed by atoms with E-state index in [2.05, 4.69) is 4.72 Å². The minimum atomic E-state index is -3.67. The van der Waals surface area contributed by atoms with Crippen LogP contribution in [0.3, 0.4) is 0 Å². The molecule has 1 amide bonds. The van der Waals surface area contributed by atoms with Crippen LogP contribution in [0.5, 0.6) is 5.75 Å². The number of hydrogen-bond donors (Lipinski definition) is 1. The van der Waals surface area contributed by atoms with Gasteiger partial charge in [0.15, 0.2) is 0 Å². The maximum absolute atomic E-state index is 12.6. The largest absolute Gasteiger partial charge is 0.495 e. The normalized spacial score (nSPS) is 14.6. The molecule has 0 bridgehead atoms. The fourth-order valence-electron chi connectivity index (χ4n) is 2.90. The van der Waals surface area contributed by atoms with Gasteiger partial charge in [-0.1, -0.05) is 18.2 Å². The summed E-state index contributed by atoms with van der Waals surface area (Å²) in [5.41, 5.74) is 0.501. The van der Waals surface area contributed by atoms with Crippen LogP contribution in [0.15, 0.2) is 58.3 Å². The van der Waals surface area contributed by atoms with E-state index in [0.717, 1.165) is 11.3 Å². The summed E-state index contributed by atoms with van der Waals surface area (Å²) in [4.78, 5) is 14.9. The van der Waals surface area contributed by atoms with Gasteiger partial charge in [-0.25, -0.2) is 13.1 Å². The SMILES string of the molecule is COc1ccc(S(=O)(=O)NCCSc2ccccc2)cc1N1CCCC1=O. The lowest BCUT2D eigenvalue weighted by Crippen LogP contribution is -2.27. The van der Waals surface area contributed by atoms with Crippen molar-refractivity contribution in [2.45, 2.75) is 22.6 Å². The quantitative estimate of drug-likeness (QED) is 0.539. The van der Waals surface area contributed by atoms with Gasteiger partial charge in [-0.2, -0.15) is 0 Å². The number of methoxy groups -OCH3 is 1. The molecule has 1 saturated heterocycles. The first-order valence-electron chi connectivity index (χ1n) is 8.67. The smallest absolute Gasteiger partial charge is 0.240 e. The molecule has 6 nitrogen and oxygen atoms in total. The van der Waals surface area contributed by atoms with Gasteiger partial charge in [0.05, 0.1) is 17.7 Å². The first-order valence-corrected chi connectivity index (χ1v) is 11.1. The number of ether oxygens (including phenoxy) is 1. The highest BCUT2D eigenvalue weighted by Gasteiger charge is 2.26. The van der Waals surface area contributed by atoms with Crippen molar-refractivity contribution < 1.29 is 17.9 Å². The lowest BCUT2D eigenvalue weighted by Gasteiger charge is -2.20. The van der Waals surface area contributed by atoms with E-state index in [-0.39, 0.29) is 10.8 Å². The zero-order chi connectivity index (χ0) is 19.3. The van der Waals surface area contributed by atoms with E-state index in [4.69, 9.17) is 4.74 Å². The summed E-state index contributed by atoms with van der Waals surface area (Å²) < 4.78 is 33.2. The number of sulfonamides is 1. The maximum Gasteiger partial charge on any atom is 0.240 e. The van der Waals surface area contributed by atoms with Crippen LogP contribution in [0, 0.1) is 0 Å². The zero-order valence-electron chi connectivity index (χ0n) is 15.1. The maximum atomic E-state index is 12.6. The van der Waals surface area contributed by atoms with E-state index < -0.39 is 10.0 Å². The summed E-state index contributed by atoms with van der Waals surface area (Å²) >= 11 is 1.59. The summed E-state index contributed by atoms with van der Waals surface area (Å²) in [6, 6.07) is 14.4. The summed E-state index contributed by atoms with van der Waals surface area (Å²) in [6.07, 6.45) is 1.23. The molecule has 0 radical (unpaired) electrons. The third-order valence-electron chi connectivity index (χ3n) is 4.23. The lowest BCUT2D eigenvalue weighted by molar-refractivity contribution is -0.117. The number of anilines is 1. The summed E-state index contributed by atoms with van der Waals surface area (Å²) in [5.74, 6) is 1.09. The average Bonchev–Trinajstić information content (AvgIpc) is 3.11. The molecule has 3 rings (SSSR count). The second-order valence-corrected chi connectivity index (χ2v) is 8.98. The molecule has 0 atom stereocenters. The van der Waals surface area contributed by atoms with Gasteiger partial charge in [0.2, 0.25) is 15.9 Å². The first kappa shape index (κ1) is 19.7. The molecule has 1 N–H and O–H groups in total. The Morgan fingerprint density at radius 2 is 1.96 bits per heavy atom. The molecular formula is C19H22N2O4S2. The molecule has 0 aromatic heterocycles. The number of nitrogens with one attached hydrogen (secondary N) is 1. The third kappa shape index (κ3) is 4.82. The molecule has 2 aromatic carbocycles. The van der Waals surface area contributed by atoms with E-state index in [1.165, 1.54) is 19.2 Å². The lowest BCUT2D eigenvalue weighted by atomic mass is 10.2. The minimum absolute atomic E-state index is 0.0185. The van der Waals surface area contributed by atoms with Crippen LogP contribution in [0.1, 0.15) is 12.8 Å². The highest BCUT2D eigenvalue weighted by Crippen LogP contribution is 2.33. The van der Waals surface area contributed by atoms with Gasteiger partial charge < -0.3 is 9.64 Å². The molecule has 2 aromatic rings. The van der Waals surface area contributed by atoms with Crippen LogP contribution in [-0.2, 0) is 14.8 Å². The molecule has 1 aliphatic rings. The van der Waals surface area contributed by atoms with Crippen molar-refractivity contribution in [1.82, 2.24) is 4.72 Å². The van der Waals surface area contributed by atoms with Crippen molar-refractivity contribution in [3.05, 3.63) is 48.5 Å². The van der Waals surface area contributed by atoms with E-state index in [1.54, 1.807) is 22.7 Å². The van der Waals surface area contributed by atoms with Gasteiger partial charge in [-0.3, -0.25) is 4.79 Å². The number of carbonyl (C=O) groups is 1. The van der Waals surface area contributed by atoms with Crippen LogP contribution in [0.25, 0.3) is 0 Å². The second kappa shape index (κ2) is 8.77. The Morgan fingerprint density at radius 3 is 2.63 bits per heavy atom. The van der Waals surface area contributed by atoms with Gasteiger partial charge in [0, 0.05) is 30.2 Å². The predicted molar refractivity (Wildman–Crippen MR) is 107 cm³/mol. The molecule has 1 fully saturated rings. The van der Waals surface area contributed by atoms with Gasteiger partial charge in [-0.05, 0) is 36.8 Å². The van der Waals surface area contributed by atoms with Crippen LogP contribution in [0.2, 0.25) is 0 Å². The van der Waals surface area contributed by atoms with E-state index in [0.29, 0.717) is 36.7 Å². The topological polar surface area (TPSA) is 75.7 Å². The fraction of sp³-hybridized carbons (Fsp3) is 0.316. The second-order valence-electron chi connectivity index (χ2n) is 6.04. The standard InChI is InChI=1S/C19H22N2O4S2/c1-25-18-10-9-16(14-17(18)21-12-5-8-19(21)22)27(23,24)20-11-13-26-15-6-3-2-4-7-15/h2-4,6-7,9-10,14,20H,5,8,11-13H2,1H3. The number of carbonyl (C=O) groups excluding carboxylic acids is 1.